The van der Waals surface area contributed by atoms with E-state index in [0.717, 1.165) is 14.5 Å². The fourth-order valence-electron chi connectivity index (χ4n) is 1.80. The minimum absolute atomic E-state index is 0.307. The molecule has 0 aliphatic carbocycles. The van der Waals surface area contributed by atoms with Crippen LogP contribution in [0.5, 0.6) is 5.75 Å². The van der Waals surface area contributed by atoms with Crippen LogP contribution in [0, 0.1) is 0 Å². The summed E-state index contributed by atoms with van der Waals surface area (Å²) in [5.41, 5.74) is 3.56. The van der Waals surface area contributed by atoms with E-state index in [0.29, 0.717) is 28.0 Å². The predicted molar refractivity (Wildman–Crippen MR) is 109 cm³/mol. The van der Waals surface area contributed by atoms with Gasteiger partial charge in [-0.3, -0.25) is 4.79 Å². The number of nitrogens with zero attached hydrogens (tertiary/aromatic N) is 1. The Labute approximate surface area is 172 Å². The summed E-state index contributed by atoms with van der Waals surface area (Å²) < 4.78 is 7.05. The van der Waals surface area contributed by atoms with Crippen LogP contribution in [-0.2, 0) is 0 Å². The summed E-state index contributed by atoms with van der Waals surface area (Å²) >= 11 is 18.6. The van der Waals surface area contributed by atoms with Crippen molar-refractivity contribution in [1.82, 2.24) is 5.43 Å². The van der Waals surface area contributed by atoms with Crippen LogP contribution in [0.3, 0.4) is 0 Å². The second-order valence-electron chi connectivity index (χ2n) is 4.74. The molecular weight excluding hydrogens is 495 g/mol. The van der Waals surface area contributed by atoms with Crippen LogP contribution < -0.4 is 10.2 Å². The third-order valence-corrected chi connectivity index (χ3v) is 4.84. The molecule has 2 aromatic carbocycles. The van der Waals surface area contributed by atoms with Crippen molar-refractivity contribution in [2.75, 3.05) is 6.61 Å². The number of rotatable bonds is 6. The molecule has 0 saturated carbocycles. The number of carbonyl (C=O) groups is 1. The average molecular weight is 507 g/mol. The van der Waals surface area contributed by atoms with Crippen molar-refractivity contribution in [1.29, 1.82) is 0 Å². The number of ether oxygens (including phenoxy) is 1. The van der Waals surface area contributed by atoms with Crippen LogP contribution in [0.25, 0.3) is 0 Å². The Balaban J connectivity index is 2.07. The number of hydrazone groups is 1. The molecule has 0 fully saturated rings. The van der Waals surface area contributed by atoms with E-state index in [1.165, 1.54) is 12.3 Å². The van der Waals surface area contributed by atoms with Crippen LogP contribution in [0.1, 0.15) is 15.9 Å². The molecule has 0 atom stereocenters. The molecule has 1 N–H and O–H groups in total. The maximum Gasteiger partial charge on any atom is 0.271 e. The molecule has 0 saturated heterocycles. The highest BCUT2D eigenvalue weighted by atomic mass is 79.9. The summed E-state index contributed by atoms with van der Waals surface area (Å²) in [6.45, 7) is 4.01. The highest BCUT2D eigenvalue weighted by molar-refractivity contribution is 9.11. The number of hydrogen-bond acceptors (Lipinski definition) is 3. The van der Waals surface area contributed by atoms with Crippen LogP contribution in [0.4, 0.5) is 0 Å². The van der Waals surface area contributed by atoms with Crippen molar-refractivity contribution < 1.29 is 9.53 Å². The van der Waals surface area contributed by atoms with Gasteiger partial charge in [0.05, 0.1) is 25.2 Å². The van der Waals surface area contributed by atoms with E-state index in [-0.39, 0.29) is 5.91 Å². The Morgan fingerprint density at radius 3 is 2.48 bits per heavy atom. The first-order valence-electron chi connectivity index (χ1n) is 6.93. The maximum absolute atomic E-state index is 12.0. The van der Waals surface area contributed by atoms with E-state index in [2.05, 4.69) is 49.0 Å². The van der Waals surface area contributed by atoms with Crippen molar-refractivity contribution in [3.8, 4) is 5.75 Å². The summed E-state index contributed by atoms with van der Waals surface area (Å²) in [5.74, 6) is 0.274. The molecule has 0 unspecified atom stereocenters. The summed E-state index contributed by atoms with van der Waals surface area (Å²) in [6.07, 6.45) is 3.18. The topological polar surface area (TPSA) is 50.7 Å². The Kier molecular flexibility index (Phi) is 7.50. The first-order valence-corrected chi connectivity index (χ1v) is 9.27. The molecule has 2 aromatic rings. The van der Waals surface area contributed by atoms with Gasteiger partial charge < -0.3 is 4.74 Å². The molecular formula is C17H12Br2Cl2N2O2. The van der Waals surface area contributed by atoms with Gasteiger partial charge >= 0.3 is 0 Å². The van der Waals surface area contributed by atoms with Gasteiger partial charge in [0.1, 0.15) is 12.4 Å². The molecule has 0 bridgehead atoms. The second kappa shape index (κ2) is 9.38. The molecule has 0 heterocycles. The second-order valence-corrected chi connectivity index (χ2v) is 7.26. The number of hydrogen-bond donors (Lipinski definition) is 1. The lowest BCUT2D eigenvalue weighted by molar-refractivity contribution is 0.0955. The molecule has 2 rings (SSSR count). The van der Waals surface area contributed by atoms with E-state index in [1.807, 2.05) is 12.1 Å². The summed E-state index contributed by atoms with van der Waals surface area (Å²) in [4.78, 5) is 12.0. The number of nitrogens with one attached hydrogen (secondary N) is 1. The third kappa shape index (κ3) is 5.57. The lowest BCUT2D eigenvalue weighted by atomic mass is 10.2. The summed E-state index contributed by atoms with van der Waals surface area (Å²) in [7, 11) is 0. The van der Waals surface area contributed by atoms with Gasteiger partial charge in [0, 0.05) is 5.56 Å². The van der Waals surface area contributed by atoms with Gasteiger partial charge in [-0.2, -0.15) is 5.10 Å². The number of benzene rings is 2. The summed E-state index contributed by atoms with van der Waals surface area (Å²) in [5, 5.41) is 4.64. The molecule has 0 aromatic heterocycles. The zero-order valence-electron chi connectivity index (χ0n) is 12.7. The van der Waals surface area contributed by atoms with Gasteiger partial charge in [-0.15, -0.1) is 0 Å². The number of amides is 1. The highest BCUT2D eigenvalue weighted by Crippen LogP contribution is 2.34. The zero-order valence-corrected chi connectivity index (χ0v) is 17.4. The zero-order chi connectivity index (χ0) is 18.4. The normalized spacial score (nSPS) is 10.7. The van der Waals surface area contributed by atoms with Crippen LogP contribution in [-0.4, -0.2) is 18.7 Å². The van der Waals surface area contributed by atoms with Gasteiger partial charge in [-0.25, -0.2) is 5.43 Å². The van der Waals surface area contributed by atoms with E-state index in [9.17, 15) is 4.79 Å². The van der Waals surface area contributed by atoms with E-state index < -0.39 is 0 Å². The molecule has 0 radical (unpaired) electrons. The van der Waals surface area contributed by atoms with E-state index >= 15 is 0 Å². The van der Waals surface area contributed by atoms with Gasteiger partial charge in [-0.1, -0.05) is 35.9 Å². The minimum atomic E-state index is -0.390. The predicted octanol–water partition coefficient (Wildman–Crippen LogP) is 5.85. The van der Waals surface area contributed by atoms with Gasteiger partial charge in [0.2, 0.25) is 0 Å². The molecule has 4 nitrogen and oxygen atoms in total. The highest BCUT2D eigenvalue weighted by Gasteiger charge is 2.09. The molecule has 0 aliphatic rings. The van der Waals surface area contributed by atoms with E-state index in [1.54, 1.807) is 18.2 Å². The molecule has 25 heavy (non-hydrogen) atoms. The Hall–Kier alpha value is -1.34. The number of carbonyl (C=O) groups excluding carboxylic acids is 1. The maximum atomic E-state index is 12.0. The fraction of sp³-hybridized carbons (Fsp3) is 0.0588. The Bertz CT molecular complexity index is 818. The molecule has 0 aliphatic heterocycles. The Morgan fingerprint density at radius 2 is 1.88 bits per heavy atom. The van der Waals surface area contributed by atoms with Crippen LogP contribution in [0.15, 0.2) is 57.0 Å². The monoisotopic (exact) mass is 504 g/mol. The van der Waals surface area contributed by atoms with Crippen LogP contribution in [0.2, 0.25) is 10.0 Å². The number of halogens is 4. The quantitative estimate of drug-likeness (QED) is 0.304. The Morgan fingerprint density at radius 1 is 1.20 bits per heavy atom. The average Bonchev–Trinajstić information content (AvgIpc) is 2.56. The van der Waals surface area contributed by atoms with Crippen molar-refractivity contribution in [3.05, 3.63) is 73.1 Å². The molecule has 1 amide bonds. The van der Waals surface area contributed by atoms with Crippen molar-refractivity contribution in [3.63, 3.8) is 0 Å². The smallest absolute Gasteiger partial charge is 0.271 e. The van der Waals surface area contributed by atoms with Gasteiger partial charge in [0.15, 0.2) is 0 Å². The van der Waals surface area contributed by atoms with Crippen LogP contribution >= 0.6 is 55.1 Å². The van der Waals surface area contributed by atoms with Gasteiger partial charge in [-0.05, 0) is 67.8 Å². The minimum Gasteiger partial charge on any atom is -0.487 e. The molecule has 8 heteroatoms. The third-order valence-electron chi connectivity index (χ3n) is 2.93. The van der Waals surface area contributed by atoms with Crippen molar-refractivity contribution in [2.45, 2.75) is 0 Å². The lowest BCUT2D eigenvalue weighted by Crippen LogP contribution is -2.17. The first kappa shape index (κ1) is 20.0. The van der Waals surface area contributed by atoms with Crippen molar-refractivity contribution in [2.24, 2.45) is 5.10 Å². The molecule has 130 valence electrons. The lowest BCUT2D eigenvalue weighted by Gasteiger charge is -2.09. The standard InChI is InChI=1S/C17H12Br2Cl2N2O2/c1-2-5-25-16-12(18)6-10(7-13(16)19)9-22-23-17(24)11-3-4-14(20)15(21)8-11/h2-4,6-9H,1,5H2,(H,23,24)/b22-9-. The largest absolute Gasteiger partial charge is 0.487 e. The molecule has 0 spiro atoms. The van der Waals surface area contributed by atoms with E-state index in [4.69, 9.17) is 27.9 Å². The van der Waals surface area contributed by atoms with Gasteiger partial charge in [0.25, 0.3) is 5.91 Å². The SMILES string of the molecule is C=CCOc1c(Br)cc(/C=N\NC(=O)c2ccc(Cl)c(Cl)c2)cc1Br. The summed E-state index contributed by atoms with van der Waals surface area (Å²) in [6, 6.07) is 8.24. The van der Waals surface area contributed by atoms with Crippen molar-refractivity contribution >= 4 is 67.2 Å². The fourth-order valence-corrected chi connectivity index (χ4v) is 3.55. The first-order chi connectivity index (χ1) is 11.9.